The van der Waals surface area contributed by atoms with E-state index in [-0.39, 0.29) is 12.4 Å². The van der Waals surface area contributed by atoms with Crippen molar-refractivity contribution in [3.05, 3.63) is 23.9 Å². The number of hydrogen-bond acceptors (Lipinski definition) is 4. The second kappa shape index (κ2) is 7.09. The van der Waals surface area contributed by atoms with Crippen LogP contribution < -0.4 is 5.32 Å². The van der Waals surface area contributed by atoms with Crippen molar-refractivity contribution in [3.8, 4) is 0 Å². The van der Waals surface area contributed by atoms with E-state index in [4.69, 9.17) is 0 Å². The van der Waals surface area contributed by atoms with Gasteiger partial charge in [0.15, 0.2) is 0 Å². The summed E-state index contributed by atoms with van der Waals surface area (Å²) < 4.78 is 37.7. The lowest BCUT2D eigenvalue weighted by Crippen LogP contribution is -2.39. The fraction of sp³-hybridized carbons (Fsp3) is 0.643. The molecule has 2 rings (SSSR count). The number of alkyl halides is 3. The lowest BCUT2D eigenvalue weighted by atomic mass is 10.1. The number of piperidine rings is 1. The molecule has 4 nitrogen and oxygen atoms in total. The standard InChI is InChI=1S/C14H20F3N3O/c15-14(16,17)11-4-5-18-13(8-11)19-9-12(21)10-20-6-2-1-3-7-20/h4-5,8,12,21H,1-3,6-7,9-10H2,(H,18,19). The van der Waals surface area contributed by atoms with Crippen LogP contribution in [0.1, 0.15) is 24.8 Å². The largest absolute Gasteiger partial charge is 0.416 e. The fourth-order valence-electron chi connectivity index (χ4n) is 2.43. The second-order valence-corrected chi connectivity index (χ2v) is 5.32. The molecule has 1 unspecified atom stereocenters. The van der Waals surface area contributed by atoms with E-state index < -0.39 is 17.8 Å². The summed E-state index contributed by atoms with van der Waals surface area (Å²) in [7, 11) is 0. The molecule has 2 N–H and O–H groups in total. The van der Waals surface area contributed by atoms with Crippen LogP contribution in [0.15, 0.2) is 18.3 Å². The summed E-state index contributed by atoms with van der Waals surface area (Å²) in [6, 6.07) is 1.88. The van der Waals surface area contributed by atoms with Crippen LogP contribution in [0.25, 0.3) is 0 Å². The molecule has 1 fully saturated rings. The van der Waals surface area contributed by atoms with Crippen LogP contribution in [0.3, 0.4) is 0 Å². The van der Waals surface area contributed by atoms with E-state index in [2.05, 4.69) is 15.2 Å². The molecule has 1 saturated heterocycles. The second-order valence-electron chi connectivity index (χ2n) is 5.32. The van der Waals surface area contributed by atoms with Crippen molar-refractivity contribution in [1.82, 2.24) is 9.88 Å². The number of rotatable bonds is 5. The summed E-state index contributed by atoms with van der Waals surface area (Å²) in [4.78, 5) is 6.01. The molecule has 0 aromatic carbocycles. The Kier molecular flexibility index (Phi) is 5.41. The molecule has 1 aromatic rings. The van der Waals surface area contributed by atoms with Gasteiger partial charge in [0.2, 0.25) is 0 Å². The van der Waals surface area contributed by atoms with Crippen molar-refractivity contribution >= 4 is 5.82 Å². The first kappa shape index (κ1) is 16.0. The first-order valence-corrected chi connectivity index (χ1v) is 7.13. The van der Waals surface area contributed by atoms with Gasteiger partial charge in [0.25, 0.3) is 0 Å². The van der Waals surface area contributed by atoms with Crippen molar-refractivity contribution in [2.24, 2.45) is 0 Å². The van der Waals surface area contributed by atoms with E-state index in [0.717, 1.165) is 44.3 Å². The normalized spacial score (nSPS) is 18.5. The van der Waals surface area contributed by atoms with Crippen LogP contribution in [0.4, 0.5) is 19.0 Å². The first-order valence-electron chi connectivity index (χ1n) is 7.13. The Labute approximate surface area is 122 Å². The molecule has 0 spiro atoms. The highest BCUT2D eigenvalue weighted by Crippen LogP contribution is 2.29. The molecule has 0 radical (unpaired) electrons. The minimum absolute atomic E-state index is 0.127. The van der Waals surface area contributed by atoms with E-state index >= 15 is 0 Å². The summed E-state index contributed by atoms with van der Waals surface area (Å²) in [5.41, 5.74) is -0.745. The maximum Gasteiger partial charge on any atom is 0.416 e. The van der Waals surface area contributed by atoms with Gasteiger partial charge >= 0.3 is 6.18 Å². The van der Waals surface area contributed by atoms with Crippen LogP contribution in [-0.2, 0) is 6.18 Å². The Morgan fingerprint density at radius 3 is 2.67 bits per heavy atom. The van der Waals surface area contributed by atoms with Crippen LogP contribution in [-0.4, -0.2) is 47.3 Å². The van der Waals surface area contributed by atoms with Gasteiger partial charge in [0, 0.05) is 19.3 Å². The van der Waals surface area contributed by atoms with Gasteiger partial charge in [-0.2, -0.15) is 13.2 Å². The molecule has 118 valence electrons. The predicted molar refractivity (Wildman–Crippen MR) is 74.0 cm³/mol. The molecule has 7 heteroatoms. The predicted octanol–water partition coefficient (Wildman–Crippen LogP) is 2.36. The van der Waals surface area contributed by atoms with E-state index in [1.807, 2.05) is 0 Å². The number of likely N-dealkylation sites (tertiary alicyclic amines) is 1. The van der Waals surface area contributed by atoms with E-state index in [1.54, 1.807) is 0 Å². The number of nitrogens with one attached hydrogen (secondary N) is 1. The minimum Gasteiger partial charge on any atom is -0.390 e. The van der Waals surface area contributed by atoms with Crippen molar-refractivity contribution in [1.29, 1.82) is 0 Å². The SMILES string of the molecule is OC(CNc1cc(C(F)(F)F)ccn1)CN1CCCCC1. The number of β-amino-alcohol motifs (C(OH)–C–C–N with tert-alkyl or cyclic N) is 1. The zero-order chi connectivity index (χ0) is 15.3. The zero-order valence-electron chi connectivity index (χ0n) is 11.7. The van der Waals surface area contributed by atoms with Crippen LogP contribution >= 0.6 is 0 Å². The van der Waals surface area contributed by atoms with Crippen molar-refractivity contribution in [3.63, 3.8) is 0 Å². The van der Waals surface area contributed by atoms with E-state index in [0.29, 0.717) is 6.54 Å². The number of nitrogens with zero attached hydrogens (tertiary/aromatic N) is 2. The van der Waals surface area contributed by atoms with Gasteiger partial charge in [0.1, 0.15) is 5.82 Å². The Bertz CT molecular complexity index is 447. The van der Waals surface area contributed by atoms with Crippen LogP contribution in [0, 0.1) is 0 Å². The number of aliphatic hydroxyl groups is 1. The topological polar surface area (TPSA) is 48.4 Å². The molecular weight excluding hydrogens is 283 g/mol. The van der Waals surface area contributed by atoms with Gasteiger partial charge in [-0.25, -0.2) is 4.98 Å². The lowest BCUT2D eigenvalue weighted by Gasteiger charge is -2.28. The number of pyridine rings is 1. The van der Waals surface area contributed by atoms with Crippen molar-refractivity contribution < 1.29 is 18.3 Å². The third-order valence-electron chi connectivity index (χ3n) is 3.52. The Morgan fingerprint density at radius 2 is 2.00 bits per heavy atom. The summed E-state index contributed by atoms with van der Waals surface area (Å²) in [5.74, 6) is 0.127. The highest BCUT2D eigenvalue weighted by atomic mass is 19.4. The molecule has 0 aliphatic carbocycles. The van der Waals surface area contributed by atoms with Crippen LogP contribution in [0.2, 0.25) is 0 Å². The van der Waals surface area contributed by atoms with Gasteiger partial charge in [-0.1, -0.05) is 6.42 Å². The molecule has 0 amide bonds. The van der Waals surface area contributed by atoms with Gasteiger partial charge < -0.3 is 15.3 Å². The number of aliphatic hydroxyl groups excluding tert-OH is 1. The Balaban J connectivity index is 1.82. The van der Waals surface area contributed by atoms with Gasteiger partial charge in [-0.05, 0) is 38.1 Å². The fourth-order valence-corrected chi connectivity index (χ4v) is 2.43. The third kappa shape index (κ3) is 5.17. The minimum atomic E-state index is -4.38. The molecular formula is C14H20F3N3O. The summed E-state index contributed by atoms with van der Waals surface area (Å²) >= 11 is 0. The highest BCUT2D eigenvalue weighted by Gasteiger charge is 2.30. The summed E-state index contributed by atoms with van der Waals surface area (Å²) in [6.45, 7) is 2.66. The van der Waals surface area contributed by atoms with Crippen LogP contribution in [0.5, 0.6) is 0 Å². The maximum atomic E-state index is 12.6. The molecule has 21 heavy (non-hydrogen) atoms. The molecule has 1 atom stereocenters. The first-order chi connectivity index (χ1) is 9.95. The third-order valence-corrected chi connectivity index (χ3v) is 3.52. The van der Waals surface area contributed by atoms with Crippen molar-refractivity contribution in [2.45, 2.75) is 31.5 Å². The quantitative estimate of drug-likeness (QED) is 0.877. The van der Waals surface area contributed by atoms with Gasteiger partial charge in [-0.3, -0.25) is 0 Å². The summed E-state index contributed by atoms with van der Waals surface area (Å²) in [5, 5.41) is 12.7. The molecule has 0 bridgehead atoms. The molecule has 2 heterocycles. The number of aromatic nitrogens is 1. The Morgan fingerprint density at radius 1 is 1.29 bits per heavy atom. The number of halogens is 3. The molecule has 0 saturated carbocycles. The monoisotopic (exact) mass is 303 g/mol. The lowest BCUT2D eigenvalue weighted by molar-refractivity contribution is -0.137. The molecule has 1 aliphatic heterocycles. The van der Waals surface area contributed by atoms with Crippen molar-refractivity contribution in [2.75, 3.05) is 31.5 Å². The highest BCUT2D eigenvalue weighted by molar-refractivity contribution is 5.38. The number of anilines is 1. The van der Waals surface area contributed by atoms with E-state index in [9.17, 15) is 18.3 Å². The maximum absolute atomic E-state index is 12.6. The van der Waals surface area contributed by atoms with E-state index in [1.165, 1.54) is 6.42 Å². The average Bonchev–Trinajstić information content (AvgIpc) is 2.46. The summed E-state index contributed by atoms with van der Waals surface area (Å²) in [6.07, 6.45) is -0.406. The molecule has 1 aliphatic rings. The average molecular weight is 303 g/mol. The molecule has 1 aromatic heterocycles. The van der Waals surface area contributed by atoms with Gasteiger partial charge in [0.05, 0.1) is 11.7 Å². The number of hydrogen-bond donors (Lipinski definition) is 2. The Hall–Kier alpha value is -1.34. The smallest absolute Gasteiger partial charge is 0.390 e. The zero-order valence-corrected chi connectivity index (χ0v) is 11.7. The van der Waals surface area contributed by atoms with Gasteiger partial charge in [-0.15, -0.1) is 0 Å².